The molecule has 0 bridgehead atoms. The third-order valence-corrected chi connectivity index (χ3v) is 3.44. The highest BCUT2D eigenvalue weighted by molar-refractivity contribution is 6.39. The topological polar surface area (TPSA) is 131 Å². The van der Waals surface area contributed by atoms with E-state index in [0.29, 0.717) is 37.4 Å². The van der Waals surface area contributed by atoms with E-state index in [1.54, 1.807) is 20.1 Å². The molecule has 0 saturated carbocycles. The molecule has 2 heterocycles. The molecule has 0 atom stereocenters. The molecule has 140 valence electrons. The zero-order valence-corrected chi connectivity index (χ0v) is 15.0. The van der Waals surface area contributed by atoms with Crippen molar-refractivity contribution >= 4 is 17.6 Å². The van der Waals surface area contributed by atoms with Gasteiger partial charge >= 0.3 is 11.8 Å². The Morgan fingerprint density at radius 2 is 2.08 bits per heavy atom. The Bertz CT molecular complexity index is 842. The molecule has 0 fully saturated rings. The Morgan fingerprint density at radius 3 is 2.77 bits per heavy atom. The van der Waals surface area contributed by atoms with Crippen LogP contribution in [0.1, 0.15) is 24.7 Å². The monoisotopic (exact) mass is 362 g/mol. The molecule has 2 aromatic heterocycles. The SMILES string of the molecule is CCc1cc(=O)[nH]c(-n2nc(C)cc2NC(=O)C(=O)NCCCOC)n1. The maximum absolute atomic E-state index is 12.1. The lowest BCUT2D eigenvalue weighted by molar-refractivity contribution is -0.136. The molecule has 10 heteroatoms. The van der Waals surface area contributed by atoms with Crippen LogP contribution in [0.25, 0.3) is 5.95 Å². The van der Waals surface area contributed by atoms with Gasteiger partial charge in [0.05, 0.1) is 5.69 Å². The average molecular weight is 362 g/mol. The van der Waals surface area contributed by atoms with Crippen molar-refractivity contribution in [1.29, 1.82) is 0 Å². The summed E-state index contributed by atoms with van der Waals surface area (Å²) in [6.45, 7) is 4.40. The first-order chi connectivity index (χ1) is 12.4. The Morgan fingerprint density at radius 1 is 1.31 bits per heavy atom. The molecule has 0 aromatic carbocycles. The normalized spacial score (nSPS) is 10.6. The highest BCUT2D eigenvalue weighted by Crippen LogP contribution is 2.14. The largest absolute Gasteiger partial charge is 0.385 e. The number of carbonyl (C=O) groups excluding carboxylic acids is 2. The summed E-state index contributed by atoms with van der Waals surface area (Å²) in [7, 11) is 1.56. The number of amides is 2. The van der Waals surface area contributed by atoms with Crippen molar-refractivity contribution in [3.63, 3.8) is 0 Å². The van der Waals surface area contributed by atoms with Crippen LogP contribution in [0.4, 0.5) is 5.82 Å². The van der Waals surface area contributed by atoms with Crippen molar-refractivity contribution in [2.45, 2.75) is 26.7 Å². The second-order valence-electron chi connectivity index (χ2n) is 5.55. The van der Waals surface area contributed by atoms with Gasteiger partial charge in [-0.05, 0) is 19.8 Å². The minimum Gasteiger partial charge on any atom is -0.385 e. The van der Waals surface area contributed by atoms with Gasteiger partial charge in [0.1, 0.15) is 5.82 Å². The summed E-state index contributed by atoms with van der Waals surface area (Å²) in [5.41, 5.74) is 0.851. The van der Waals surface area contributed by atoms with Gasteiger partial charge in [0.15, 0.2) is 0 Å². The van der Waals surface area contributed by atoms with Crippen LogP contribution in [0.2, 0.25) is 0 Å². The number of aromatic amines is 1. The molecular formula is C16H22N6O4. The zero-order valence-electron chi connectivity index (χ0n) is 15.0. The van der Waals surface area contributed by atoms with E-state index in [4.69, 9.17) is 4.74 Å². The van der Waals surface area contributed by atoms with E-state index in [1.807, 2.05) is 6.92 Å². The number of aryl methyl sites for hydroxylation is 2. The first-order valence-corrected chi connectivity index (χ1v) is 8.20. The highest BCUT2D eigenvalue weighted by atomic mass is 16.5. The molecule has 0 radical (unpaired) electrons. The van der Waals surface area contributed by atoms with Gasteiger partial charge in [-0.15, -0.1) is 0 Å². The predicted molar refractivity (Wildman–Crippen MR) is 94.2 cm³/mol. The standard InChI is InChI=1S/C16H22N6O4/c1-4-11-9-13(23)20-16(18-11)22-12(8-10(2)21-22)19-15(25)14(24)17-6-5-7-26-3/h8-9H,4-7H2,1-3H3,(H,17,24)(H,19,25)(H,18,20,23). The van der Waals surface area contributed by atoms with Gasteiger partial charge in [-0.3, -0.25) is 19.4 Å². The fraction of sp³-hybridized carbons (Fsp3) is 0.438. The van der Waals surface area contributed by atoms with Crippen molar-refractivity contribution in [2.75, 3.05) is 25.6 Å². The molecule has 10 nitrogen and oxygen atoms in total. The third-order valence-electron chi connectivity index (χ3n) is 3.44. The fourth-order valence-corrected chi connectivity index (χ4v) is 2.20. The average Bonchev–Trinajstić information content (AvgIpc) is 2.98. The number of methoxy groups -OCH3 is 1. The smallest absolute Gasteiger partial charge is 0.314 e. The minimum atomic E-state index is -0.836. The van der Waals surface area contributed by atoms with Gasteiger partial charge in [-0.2, -0.15) is 9.78 Å². The summed E-state index contributed by atoms with van der Waals surface area (Å²) in [6, 6.07) is 2.97. The first-order valence-electron chi connectivity index (χ1n) is 8.20. The second kappa shape index (κ2) is 8.90. The van der Waals surface area contributed by atoms with Crippen molar-refractivity contribution in [3.8, 4) is 5.95 Å². The molecule has 0 aliphatic rings. The Hall–Kier alpha value is -3.01. The van der Waals surface area contributed by atoms with E-state index in [9.17, 15) is 14.4 Å². The number of rotatable bonds is 7. The lowest BCUT2D eigenvalue weighted by Gasteiger charge is -2.09. The van der Waals surface area contributed by atoms with Crippen molar-refractivity contribution in [2.24, 2.45) is 0 Å². The van der Waals surface area contributed by atoms with E-state index >= 15 is 0 Å². The molecule has 2 rings (SSSR count). The van der Waals surface area contributed by atoms with Crippen LogP contribution in [0.3, 0.4) is 0 Å². The molecule has 0 aliphatic carbocycles. The second-order valence-corrected chi connectivity index (χ2v) is 5.55. The van der Waals surface area contributed by atoms with Crippen LogP contribution >= 0.6 is 0 Å². The Labute approximate surface area is 150 Å². The van der Waals surface area contributed by atoms with Gasteiger partial charge in [0.2, 0.25) is 5.95 Å². The first kappa shape index (κ1) is 19.3. The van der Waals surface area contributed by atoms with E-state index in [2.05, 4.69) is 25.7 Å². The maximum Gasteiger partial charge on any atom is 0.314 e. The highest BCUT2D eigenvalue weighted by Gasteiger charge is 2.18. The van der Waals surface area contributed by atoms with E-state index in [-0.39, 0.29) is 17.3 Å². The molecule has 0 saturated heterocycles. The van der Waals surface area contributed by atoms with Crippen molar-refractivity contribution < 1.29 is 14.3 Å². The van der Waals surface area contributed by atoms with Crippen molar-refractivity contribution in [1.82, 2.24) is 25.1 Å². The molecule has 26 heavy (non-hydrogen) atoms. The van der Waals surface area contributed by atoms with Crippen LogP contribution in [-0.2, 0) is 20.7 Å². The Balaban J connectivity index is 2.16. The number of nitrogens with zero attached hydrogens (tertiary/aromatic N) is 3. The molecule has 0 unspecified atom stereocenters. The minimum absolute atomic E-state index is 0.165. The number of aromatic nitrogens is 4. The maximum atomic E-state index is 12.1. The molecule has 3 N–H and O–H groups in total. The van der Waals surface area contributed by atoms with Crippen LogP contribution in [0, 0.1) is 6.92 Å². The summed E-state index contributed by atoms with van der Waals surface area (Å²) >= 11 is 0. The molecule has 0 aliphatic heterocycles. The van der Waals surface area contributed by atoms with E-state index in [0.717, 1.165) is 0 Å². The summed E-state index contributed by atoms with van der Waals surface area (Å²) in [5, 5.41) is 9.20. The lowest BCUT2D eigenvalue weighted by atomic mass is 10.3. The number of anilines is 1. The zero-order chi connectivity index (χ0) is 19.1. The number of ether oxygens (including phenoxy) is 1. The van der Waals surface area contributed by atoms with Crippen LogP contribution in [0.5, 0.6) is 0 Å². The van der Waals surface area contributed by atoms with Crippen molar-refractivity contribution in [3.05, 3.63) is 33.9 Å². The van der Waals surface area contributed by atoms with Crippen LogP contribution < -0.4 is 16.2 Å². The number of H-pyrrole nitrogens is 1. The molecule has 2 aromatic rings. The summed E-state index contributed by atoms with van der Waals surface area (Å²) in [5.74, 6) is -1.21. The van der Waals surface area contributed by atoms with Gasteiger partial charge in [0, 0.05) is 38.1 Å². The van der Waals surface area contributed by atoms with Gasteiger partial charge in [-0.25, -0.2) is 4.98 Å². The summed E-state index contributed by atoms with van der Waals surface area (Å²) < 4.78 is 6.16. The lowest BCUT2D eigenvalue weighted by Crippen LogP contribution is -2.36. The third kappa shape index (κ3) is 4.99. The molecule has 0 spiro atoms. The Kier molecular flexibility index (Phi) is 6.61. The molecule has 2 amide bonds. The number of nitrogens with one attached hydrogen (secondary N) is 3. The number of hydrogen-bond acceptors (Lipinski definition) is 6. The molecular weight excluding hydrogens is 340 g/mol. The fourth-order valence-electron chi connectivity index (χ4n) is 2.20. The van der Waals surface area contributed by atoms with Gasteiger partial charge in [0.25, 0.3) is 5.56 Å². The predicted octanol–water partition coefficient (Wildman–Crippen LogP) is -0.0824. The number of hydrogen-bond donors (Lipinski definition) is 3. The van der Waals surface area contributed by atoms with Gasteiger partial charge in [-0.1, -0.05) is 6.92 Å². The van der Waals surface area contributed by atoms with E-state index < -0.39 is 11.8 Å². The number of carbonyl (C=O) groups is 2. The summed E-state index contributed by atoms with van der Waals surface area (Å²) in [6.07, 6.45) is 1.17. The summed E-state index contributed by atoms with van der Waals surface area (Å²) in [4.78, 5) is 42.6. The van der Waals surface area contributed by atoms with E-state index in [1.165, 1.54) is 10.7 Å². The van der Waals surface area contributed by atoms with Crippen LogP contribution in [0.15, 0.2) is 16.9 Å². The quantitative estimate of drug-likeness (QED) is 0.466. The van der Waals surface area contributed by atoms with Crippen LogP contribution in [-0.4, -0.2) is 51.8 Å². The van der Waals surface area contributed by atoms with Gasteiger partial charge < -0.3 is 15.4 Å².